The van der Waals surface area contributed by atoms with Crippen LogP contribution in [0, 0.1) is 0 Å². The Bertz CT molecular complexity index is 850. The van der Waals surface area contributed by atoms with Gasteiger partial charge in [-0.05, 0) is 48.0 Å². The van der Waals surface area contributed by atoms with Crippen molar-refractivity contribution in [2.45, 2.75) is 12.0 Å². The third-order valence-electron chi connectivity index (χ3n) is 4.50. The Balaban J connectivity index is 1.79. The molecule has 2 aliphatic rings. The lowest BCUT2D eigenvalue weighted by molar-refractivity contribution is 0.414. The van der Waals surface area contributed by atoms with Crippen LogP contribution in [0.2, 0.25) is 5.02 Å². The highest BCUT2D eigenvalue weighted by atomic mass is 35.5. The molecule has 1 aliphatic carbocycles. The SMILES string of the molecule is COc1ccc(C23CC=CC=C2NC(c2ccc(Cl)cc2)=N3)cc1. The maximum absolute atomic E-state index is 6.00. The second-order valence-corrected chi connectivity index (χ2v) is 6.33. The second kappa shape index (κ2) is 5.84. The molecule has 0 saturated heterocycles. The van der Waals surface area contributed by atoms with E-state index in [4.69, 9.17) is 21.3 Å². The molecule has 1 N–H and O–H groups in total. The number of fused-ring (bicyclic) bond motifs is 1. The highest BCUT2D eigenvalue weighted by molar-refractivity contribution is 6.30. The number of nitrogens with one attached hydrogen (secondary N) is 1. The molecule has 0 spiro atoms. The molecular weight excluding hydrogens is 320 g/mol. The van der Waals surface area contributed by atoms with Crippen molar-refractivity contribution in [3.05, 3.63) is 88.6 Å². The van der Waals surface area contributed by atoms with Crippen molar-refractivity contribution in [2.75, 3.05) is 7.11 Å². The van der Waals surface area contributed by atoms with Crippen molar-refractivity contribution in [1.82, 2.24) is 5.32 Å². The predicted molar refractivity (Wildman–Crippen MR) is 97.6 cm³/mol. The Kier molecular flexibility index (Phi) is 3.66. The molecule has 4 rings (SSSR count). The number of ether oxygens (including phenoxy) is 1. The lowest BCUT2D eigenvalue weighted by Crippen LogP contribution is -2.29. The van der Waals surface area contributed by atoms with Gasteiger partial charge >= 0.3 is 0 Å². The van der Waals surface area contributed by atoms with Gasteiger partial charge in [-0.3, -0.25) is 0 Å². The minimum Gasteiger partial charge on any atom is -0.497 e. The number of amidine groups is 1. The maximum Gasteiger partial charge on any atom is 0.133 e. The molecule has 0 radical (unpaired) electrons. The van der Waals surface area contributed by atoms with E-state index >= 15 is 0 Å². The summed E-state index contributed by atoms with van der Waals surface area (Å²) in [5.74, 6) is 1.72. The fraction of sp³-hybridized carbons (Fsp3) is 0.150. The molecule has 0 fully saturated rings. The van der Waals surface area contributed by atoms with Crippen molar-refractivity contribution >= 4 is 17.4 Å². The first kappa shape index (κ1) is 15.0. The zero-order chi connectivity index (χ0) is 16.6. The van der Waals surface area contributed by atoms with E-state index < -0.39 is 5.54 Å². The summed E-state index contributed by atoms with van der Waals surface area (Å²) in [5, 5.41) is 4.20. The number of hydrogen-bond donors (Lipinski definition) is 1. The molecule has 2 aromatic rings. The summed E-state index contributed by atoms with van der Waals surface area (Å²) >= 11 is 6.00. The van der Waals surface area contributed by atoms with Crippen LogP contribution in [-0.4, -0.2) is 12.9 Å². The fourth-order valence-corrected chi connectivity index (χ4v) is 3.32. The first-order valence-electron chi connectivity index (χ1n) is 7.86. The quantitative estimate of drug-likeness (QED) is 0.899. The van der Waals surface area contributed by atoms with Gasteiger partial charge in [0.05, 0.1) is 7.11 Å². The molecule has 0 amide bonds. The summed E-state index contributed by atoms with van der Waals surface area (Å²) in [6.07, 6.45) is 7.16. The van der Waals surface area contributed by atoms with Gasteiger partial charge in [0.15, 0.2) is 0 Å². The van der Waals surface area contributed by atoms with Crippen molar-refractivity contribution in [3.63, 3.8) is 0 Å². The Morgan fingerprint density at radius 1 is 1.08 bits per heavy atom. The van der Waals surface area contributed by atoms with Crippen LogP contribution >= 0.6 is 11.6 Å². The summed E-state index contributed by atoms with van der Waals surface area (Å²) in [4.78, 5) is 5.07. The summed E-state index contributed by atoms with van der Waals surface area (Å²) in [6, 6.07) is 15.9. The van der Waals surface area contributed by atoms with Gasteiger partial charge in [0.2, 0.25) is 0 Å². The molecule has 1 heterocycles. The van der Waals surface area contributed by atoms with Crippen molar-refractivity contribution in [3.8, 4) is 5.75 Å². The van der Waals surface area contributed by atoms with Crippen LogP contribution in [0.1, 0.15) is 17.5 Å². The van der Waals surface area contributed by atoms with E-state index in [2.05, 4.69) is 35.7 Å². The van der Waals surface area contributed by atoms with E-state index in [1.807, 2.05) is 36.4 Å². The Labute approximate surface area is 146 Å². The predicted octanol–water partition coefficient (Wildman–Crippen LogP) is 4.44. The Morgan fingerprint density at radius 2 is 1.83 bits per heavy atom. The number of hydrogen-bond acceptors (Lipinski definition) is 3. The standard InChI is InChI=1S/C20H17ClN2O/c1-24-17-11-7-15(8-12-17)20-13-3-2-4-18(20)22-19(23-20)14-5-9-16(21)10-6-14/h2-12H,13H2,1H3,(H,22,23). The van der Waals surface area contributed by atoms with Gasteiger partial charge in [0, 0.05) is 22.7 Å². The van der Waals surface area contributed by atoms with Gasteiger partial charge in [0.25, 0.3) is 0 Å². The Hall–Kier alpha value is -2.52. The van der Waals surface area contributed by atoms with Gasteiger partial charge in [-0.15, -0.1) is 0 Å². The molecule has 0 aromatic heterocycles. The molecule has 120 valence electrons. The van der Waals surface area contributed by atoms with Gasteiger partial charge in [-0.1, -0.05) is 35.9 Å². The van der Waals surface area contributed by atoms with Crippen molar-refractivity contribution < 1.29 is 4.74 Å². The molecule has 4 heteroatoms. The molecule has 0 saturated carbocycles. The van der Waals surface area contributed by atoms with E-state index in [1.54, 1.807) is 7.11 Å². The fourth-order valence-electron chi connectivity index (χ4n) is 3.20. The van der Waals surface area contributed by atoms with Gasteiger partial charge in [0.1, 0.15) is 17.1 Å². The van der Waals surface area contributed by atoms with Crippen molar-refractivity contribution in [2.24, 2.45) is 4.99 Å². The van der Waals surface area contributed by atoms with E-state index in [0.29, 0.717) is 0 Å². The van der Waals surface area contributed by atoms with Crippen LogP contribution in [0.4, 0.5) is 0 Å². The first-order valence-corrected chi connectivity index (χ1v) is 8.24. The second-order valence-electron chi connectivity index (χ2n) is 5.89. The molecule has 1 unspecified atom stereocenters. The van der Waals surface area contributed by atoms with Crippen LogP contribution in [0.5, 0.6) is 5.75 Å². The summed E-state index contributed by atoms with van der Waals surface area (Å²) < 4.78 is 5.27. The average molecular weight is 337 g/mol. The van der Waals surface area contributed by atoms with Crippen LogP contribution in [-0.2, 0) is 5.54 Å². The Morgan fingerprint density at radius 3 is 2.54 bits per heavy atom. The smallest absolute Gasteiger partial charge is 0.133 e. The van der Waals surface area contributed by atoms with Crippen LogP contribution in [0.25, 0.3) is 0 Å². The molecule has 1 aliphatic heterocycles. The normalized spacial score (nSPS) is 21.6. The number of allylic oxidation sites excluding steroid dienone is 2. The van der Waals surface area contributed by atoms with Crippen LogP contribution in [0.3, 0.4) is 0 Å². The van der Waals surface area contributed by atoms with Gasteiger partial charge in [-0.2, -0.15) is 0 Å². The maximum atomic E-state index is 6.00. The van der Waals surface area contributed by atoms with E-state index in [0.717, 1.165) is 39.9 Å². The number of aliphatic imine (C=N–C) groups is 1. The number of halogens is 1. The third-order valence-corrected chi connectivity index (χ3v) is 4.75. The number of rotatable bonds is 3. The van der Waals surface area contributed by atoms with Crippen molar-refractivity contribution in [1.29, 1.82) is 0 Å². The summed E-state index contributed by atoms with van der Waals surface area (Å²) in [5.41, 5.74) is 2.88. The highest BCUT2D eigenvalue weighted by Crippen LogP contribution is 2.42. The molecule has 24 heavy (non-hydrogen) atoms. The largest absolute Gasteiger partial charge is 0.497 e. The highest BCUT2D eigenvalue weighted by Gasteiger charge is 2.41. The first-order chi connectivity index (χ1) is 11.7. The molecule has 2 aromatic carbocycles. The topological polar surface area (TPSA) is 33.6 Å². The van der Waals surface area contributed by atoms with Crippen LogP contribution in [0.15, 0.2) is 77.4 Å². The van der Waals surface area contributed by atoms with Crippen LogP contribution < -0.4 is 10.1 Å². The monoisotopic (exact) mass is 336 g/mol. The van der Waals surface area contributed by atoms with Gasteiger partial charge in [-0.25, -0.2) is 4.99 Å². The minimum absolute atomic E-state index is 0.393. The number of nitrogens with zero attached hydrogens (tertiary/aromatic N) is 1. The lowest BCUT2D eigenvalue weighted by atomic mass is 9.82. The summed E-state index contributed by atoms with van der Waals surface area (Å²) in [7, 11) is 1.68. The number of benzene rings is 2. The minimum atomic E-state index is -0.393. The molecule has 1 atom stereocenters. The zero-order valence-corrected chi connectivity index (χ0v) is 14.0. The van der Waals surface area contributed by atoms with E-state index in [-0.39, 0.29) is 0 Å². The summed E-state index contributed by atoms with van der Waals surface area (Å²) in [6.45, 7) is 0. The van der Waals surface area contributed by atoms with Gasteiger partial charge < -0.3 is 10.1 Å². The molecule has 3 nitrogen and oxygen atoms in total. The van der Waals surface area contributed by atoms with E-state index in [1.165, 1.54) is 0 Å². The average Bonchev–Trinajstić information content (AvgIpc) is 3.03. The third kappa shape index (κ3) is 2.42. The lowest BCUT2D eigenvalue weighted by Gasteiger charge is -2.28. The molecule has 0 bridgehead atoms. The zero-order valence-electron chi connectivity index (χ0n) is 13.3. The number of methoxy groups -OCH3 is 1. The van der Waals surface area contributed by atoms with E-state index in [9.17, 15) is 0 Å². The molecular formula is C20H17ClN2O.